The number of hydrogen-bond acceptors (Lipinski definition) is 4. The molecule has 142 valence electrons. The average molecular weight is 350 g/mol. The van der Waals surface area contributed by atoms with Crippen LogP contribution < -0.4 is 0 Å². The van der Waals surface area contributed by atoms with E-state index < -0.39 is 23.1 Å². The number of ketones is 2. The highest BCUT2D eigenvalue weighted by Gasteiger charge is 2.34. The van der Waals surface area contributed by atoms with Crippen LogP contribution in [0.3, 0.4) is 0 Å². The van der Waals surface area contributed by atoms with Gasteiger partial charge in [0.25, 0.3) is 0 Å². The molecule has 25 heavy (non-hydrogen) atoms. The zero-order valence-corrected chi connectivity index (χ0v) is 16.1. The van der Waals surface area contributed by atoms with Gasteiger partial charge in [0, 0.05) is 11.1 Å². The van der Waals surface area contributed by atoms with Crippen molar-refractivity contribution in [3.63, 3.8) is 0 Å². The molecule has 4 heteroatoms. The van der Waals surface area contributed by atoms with Crippen molar-refractivity contribution < 1.29 is 19.8 Å². The summed E-state index contributed by atoms with van der Waals surface area (Å²) in [6.45, 7) is 6.01. The first-order chi connectivity index (χ1) is 11.9. The number of unbranched alkanes of at least 4 members (excludes halogenated alkanes) is 8. The second-order valence-electron chi connectivity index (χ2n) is 7.49. The van der Waals surface area contributed by atoms with E-state index in [9.17, 15) is 19.8 Å². The number of carbonyl (C=O) groups is 2. The van der Waals surface area contributed by atoms with Crippen molar-refractivity contribution >= 4 is 11.6 Å². The Morgan fingerprint density at radius 2 is 1.16 bits per heavy atom. The summed E-state index contributed by atoms with van der Waals surface area (Å²) in [7, 11) is 0. The molecular formula is C21H34O4. The van der Waals surface area contributed by atoms with Crippen LogP contribution in [0.1, 0.15) is 91.4 Å². The SMILES string of the molecule is CCCCCCCCCCCC1=C(O)C(=O)C(CC(C)C)=C(O)C1=O. The van der Waals surface area contributed by atoms with Gasteiger partial charge in [0.15, 0.2) is 11.5 Å². The zero-order chi connectivity index (χ0) is 18.8. The van der Waals surface area contributed by atoms with Crippen molar-refractivity contribution in [1.29, 1.82) is 0 Å². The lowest BCUT2D eigenvalue weighted by Gasteiger charge is -2.19. The van der Waals surface area contributed by atoms with Gasteiger partial charge in [0.1, 0.15) is 0 Å². The molecule has 0 fully saturated rings. The maximum atomic E-state index is 12.3. The Hall–Kier alpha value is -1.58. The standard InChI is InChI=1S/C21H34O4/c1-4-5-6-7-8-9-10-11-12-13-16-18(22)20(24)17(14-15(2)3)21(25)19(16)23/h15,22,25H,4-14H2,1-3H3. The third-order valence-corrected chi connectivity index (χ3v) is 4.69. The Morgan fingerprint density at radius 3 is 1.68 bits per heavy atom. The van der Waals surface area contributed by atoms with Crippen LogP contribution in [0.15, 0.2) is 22.7 Å². The van der Waals surface area contributed by atoms with Crippen molar-refractivity contribution in [1.82, 2.24) is 0 Å². The number of aliphatic hydroxyl groups is 2. The molecule has 2 N–H and O–H groups in total. The monoisotopic (exact) mass is 350 g/mol. The summed E-state index contributed by atoms with van der Waals surface area (Å²) in [5.74, 6) is -1.97. The summed E-state index contributed by atoms with van der Waals surface area (Å²) in [5, 5.41) is 20.1. The molecule has 0 heterocycles. The normalized spacial score (nSPS) is 15.7. The van der Waals surface area contributed by atoms with Crippen LogP contribution in [-0.4, -0.2) is 21.8 Å². The maximum Gasteiger partial charge on any atom is 0.227 e. The minimum Gasteiger partial charge on any atom is -0.504 e. The van der Waals surface area contributed by atoms with E-state index in [1.165, 1.54) is 38.5 Å². The summed E-state index contributed by atoms with van der Waals surface area (Å²) in [6.07, 6.45) is 11.0. The summed E-state index contributed by atoms with van der Waals surface area (Å²) >= 11 is 0. The number of Topliss-reactive ketones (excluding diaryl/α,β-unsaturated/α-hetero) is 2. The molecule has 0 aromatic rings. The minimum absolute atomic E-state index is 0.0494. The number of allylic oxidation sites excluding steroid dienone is 2. The Labute approximate surface area is 152 Å². The highest BCUT2D eigenvalue weighted by atomic mass is 16.3. The molecular weight excluding hydrogens is 316 g/mol. The molecule has 0 radical (unpaired) electrons. The van der Waals surface area contributed by atoms with Gasteiger partial charge in [-0.05, 0) is 25.2 Å². The number of aliphatic hydroxyl groups excluding tert-OH is 2. The Bertz CT molecular complexity index is 526. The summed E-state index contributed by atoms with van der Waals surface area (Å²) < 4.78 is 0. The Kier molecular flexibility index (Phi) is 9.54. The first-order valence-electron chi connectivity index (χ1n) is 9.83. The first kappa shape index (κ1) is 21.5. The van der Waals surface area contributed by atoms with Gasteiger partial charge < -0.3 is 10.2 Å². The van der Waals surface area contributed by atoms with E-state index in [0.29, 0.717) is 12.8 Å². The van der Waals surface area contributed by atoms with Gasteiger partial charge >= 0.3 is 0 Å². The van der Waals surface area contributed by atoms with Gasteiger partial charge in [-0.25, -0.2) is 0 Å². The molecule has 0 bridgehead atoms. The molecule has 0 spiro atoms. The summed E-state index contributed by atoms with van der Waals surface area (Å²) in [5.41, 5.74) is 0.131. The van der Waals surface area contributed by atoms with Crippen molar-refractivity contribution in [2.45, 2.75) is 91.4 Å². The van der Waals surface area contributed by atoms with Crippen molar-refractivity contribution in [3.8, 4) is 0 Å². The number of carbonyl (C=O) groups excluding carboxylic acids is 2. The first-order valence-corrected chi connectivity index (χ1v) is 9.83. The zero-order valence-electron chi connectivity index (χ0n) is 16.1. The fraction of sp³-hybridized carbons (Fsp3) is 0.714. The Morgan fingerprint density at radius 1 is 0.720 bits per heavy atom. The summed E-state index contributed by atoms with van der Waals surface area (Å²) in [4.78, 5) is 24.5. The van der Waals surface area contributed by atoms with Gasteiger partial charge in [-0.15, -0.1) is 0 Å². The van der Waals surface area contributed by atoms with E-state index in [1.807, 2.05) is 13.8 Å². The predicted molar refractivity (Wildman–Crippen MR) is 101 cm³/mol. The molecule has 1 aliphatic rings. The molecule has 1 rings (SSSR count). The van der Waals surface area contributed by atoms with Crippen LogP contribution in [0.4, 0.5) is 0 Å². The van der Waals surface area contributed by atoms with E-state index >= 15 is 0 Å². The van der Waals surface area contributed by atoms with Gasteiger partial charge in [0.05, 0.1) is 0 Å². The third kappa shape index (κ3) is 6.68. The fourth-order valence-corrected chi connectivity index (χ4v) is 3.22. The topological polar surface area (TPSA) is 74.6 Å². The molecule has 4 nitrogen and oxygen atoms in total. The van der Waals surface area contributed by atoms with E-state index in [2.05, 4.69) is 6.92 Å². The van der Waals surface area contributed by atoms with E-state index in [0.717, 1.165) is 19.3 Å². The molecule has 1 aliphatic carbocycles. The highest BCUT2D eigenvalue weighted by Crippen LogP contribution is 2.29. The van der Waals surface area contributed by atoms with Crippen LogP contribution in [0, 0.1) is 5.92 Å². The summed E-state index contributed by atoms with van der Waals surface area (Å²) in [6, 6.07) is 0. The molecule has 0 aromatic heterocycles. The molecule has 0 atom stereocenters. The van der Waals surface area contributed by atoms with E-state index in [4.69, 9.17) is 0 Å². The van der Waals surface area contributed by atoms with Crippen LogP contribution >= 0.6 is 0 Å². The number of rotatable bonds is 12. The average Bonchev–Trinajstić information content (AvgIpc) is 2.58. The van der Waals surface area contributed by atoms with Crippen molar-refractivity contribution in [2.24, 2.45) is 5.92 Å². The van der Waals surface area contributed by atoms with Crippen LogP contribution in [0.25, 0.3) is 0 Å². The predicted octanol–water partition coefficient (Wildman–Crippen LogP) is 5.73. The quantitative estimate of drug-likeness (QED) is 0.348. The largest absolute Gasteiger partial charge is 0.504 e. The number of hydrogen-bond donors (Lipinski definition) is 2. The Balaban J connectivity index is 2.42. The van der Waals surface area contributed by atoms with Crippen molar-refractivity contribution in [3.05, 3.63) is 22.7 Å². The highest BCUT2D eigenvalue weighted by molar-refractivity contribution is 6.23. The third-order valence-electron chi connectivity index (χ3n) is 4.69. The van der Waals surface area contributed by atoms with Crippen LogP contribution in [0.5, 0.6) is 0 Å². The molecule has 0 amide bonds. The second-order valence-corrected chi connectivity index (χ2v) is 7.49. The molecule has 0 aliphatic heterocycles. The van der Waals surface area contributed by atoms with Gasteiger partial charge in [-0.3, -0.25) is 9.59 Å². The lowest BCUT2D eigenvalue weighted by molar-refractivity contribution is -0.120. The van der Waals surface area contributed by atoms with E-state index in [1.54, 1.807) is 0 Å². The lowest BCUT2D eigenvalue weighted by atomic mass is 9.86. The minimum atomic E-state index is -0.586. The van der Waals surface area contributed by atoms with Crippen LogP contribution in [-0.2, 0) is 9.59 Å². The fourth-order valence-electron chi connectivity index (χ4n) is 3.22. The maximum absolute atomic E-state index is 12.3. The van der Waals surface area contributed by atoms with Crippen molar-refractivity contribution in [2.75, 3.05) is 0 Å². The van der Waals surface area contributed by atoms with Gasteiger partial charge in [0.2, 0.25) is 11.6 Å². The van der Waals surface area contributed by atoms with E-state index in [-0.39, 0.29) is 17.1 Å². The molecule has 0 aromatic carbocycles. The molecule has 0 saturated carbocycles. The molecule has 0 saturated heterocycles. The van der Waals surface area contributed by atoms with Gasteiger partial charge in [-0.2, -0.15) is 0 Å². The lowest BCUT2D eigenvalue weighted by Crippen LogP contribution is -2.25. The van der Waals surface area contributed by atoms with Crippen LogP contribution in [0.2, 0.25) is 0 Å². The van der Waals surface area contributed by atoms with Gasteiger partial charge in [-0.1, -0.05) is 72.1 Å². The smallest absolute Gasteiger partial charge is 0.227 e. The molecule has 0 unspecified atom stereocenters. The second kappa shape index (κ2) is 11.1.